The third-order valence-electron chi connectivity index (χ3n) is 5.88. The molecule has 5 nitrogen and oxygen atoms in total. The van der Waals surface area contributed by atoms with E-state index in [0.717, 1.165) is 35.4 Å². The van der Waals surface area contributed by atoms with Gasteiger partial charge in [0.2, 0.25) is 0 Å². The van der Waals surface area contributed by atoms with Crippen LogP contribution in [0.25, 0.3) is 10.9 Å². The second-order valence-electron chi connectivity index (χ2n) is 7.57. The van der Waals surface area contributed by atoms with Crippen LogP contribution >= 0.6 is 0 Å². The summed E-state index contributed by atoms with van der Waals surface area (Å²) >= 11 is 0. The standard InChI is InChI=1S/C22H26N4O/c1-15-13-18(16(2)25(15)3)14-23-26-21(17-9-5-4-6-10-17)24-20-12-8-7-11-19(20)22(26)27/h7-8,11-14,17H,4-6,9-10H2,1-3H3. The molecule has 0 bridgehead atoms. The molecule has 0 spiro atoms. The Kier molecular flexibility index (Phi) is 4.68. The van der Waals surface area contributed by atoms with E-state index in [4.69, 9.17) is 4.98 Å². The van der Waals surface area contributed by atoms with Crippen molar-refractivity contribution in [3.63, 3.8) is 0 Å². The molecule has 0 saturated heterocycles. The number of para-hydroxylation sites is 1. The van der Waals surface area contributed by atoms with Crippen molar-refractivity contribution in [2.75, 3.05) is 0 Å². The third kappa shape index (κ3) is 3.22. The number of hydrogen-bond acceptors (Lipinski definition) is 3. The number of aromatic nitrogens is 3. The van der Waals surface area contributed by atoms with Crippen LogP contribution in [0.1, 0.15) is 60.8 Å². The van der Waals surface area contributed by atoms with Gasteiger partial charge in [0.1, 0.15) is 5.82 Å². The summed E-state index contributed by atoms with van der Waals surface area (Å²) in [5.74, 6) is 1.10. The molecule has 1 aliphatic rings. The zero-order valence-corrected chi connectivity index (χ0v) is 16.3. The number of fused-ring (bicyclic) bond motifs is 1. The highest BCUT2D eigenvalue weighted by atomic mass is 16.1. The van der Waals surface area contributed by atoms with Gasteiger partial charge in [-0.15, -0.1) is 0 Å². The predicted octanol–water partition coefficient (Wildman–Crippen LogP) is 4.28. The maximum absolute atomic E-state index is 13.2. The van der Waals surface area contributed by atoms with Crippen LogP contribution in [-0.2, 0) is 7.05 Å². The molecule has 1 aromatic carbocycles. The van der Waals surface area contributed by atoms with Gasteiger partial charge in [-0.3, -0.25) is 4.79 Å². The average molecular weight is 362 g/mol. The lowest BCUT2D eigenvalue weighted by Crippen LogP contribution is -2.25. The molecule has 27 heavy (non-hydrogen) atoms. The second-order valence-corrected chi connectivity index (χ2v) is 7.57. The van der Waals surface area contributed by atoms with Gasteiger partial charge in [0.05, 0.1) is 17.1 Å². The molecule has 2 aromatic heterocycles. The lowest BCUT2D eigenvalue weighted by molar-refractivity contribution is 0.416. The molecule has 0 atom stereocenters. The van der Waals surface area contributed by atoms with Crippen molar-refractivity contribution in [2.24, 2.45) is 12.1 Å². The maximum atomic E-state index is 13.2. The summed E-state index contributed by atoms with van der Waals surface area (Å²) in [5.41, 5.74) is 4.02. The van der Waals surface area contributed by atoms with E-state index in [-0.39, 0.29) is 5.56 Å². The van der Waals surface area contributed by atoms with E-state index in [9.17, 15) is 4.79 Å². The van der Waals surface area contributed by atoms with Crippen LogP contribution in [0.5, 0.6) is 0 Å². The third-order valence-corrected chi connectivity index (χ3v) is 5.88. The minimum atomic E-state index is -0.0808. The fourth-order valence-electron chi connectivity index (χ4n) is 4.01. The number of benzene rings is 1. The van der Waals surface area contributed by atoms with Gasteiger partial charge < -0.3 is 4.57 Å². The molecule has 140 valence electrons. The van der Waals surface area contributed by atoms with Crippen molar-refractivity contribution in [2.45, 2.75) is 51.9 Å². The average Bonchev–Trinajstić information content (AvgIpc) is 2.94. The number of rotatable bonds is 3. The first-order chi connectivity index (χ1) is 13.1. The fourth-order valence-corrected chi connectivity index (χ4v) is 4.01. The Hall–Kier alpha value is -2.69. The summed E-state index contributed by atoms with van der Waals surface area (Å²) in [6.07, 6.45) is 7.59. The van der Waals surface area contributed by atoms with Gasteiger partial charge in [-0.25, -0.2) is 4.98 Å². The van der Waals surface area contributed by atoms with Crippen LogP contribution in [0.4, 0.5) is 0 Å². The van der Waals surface area contributed by atoms with Gasteiger partial charge in [-0.2, -0.15) is 9.78 Å². The zero-order valence-electron chi connectivity index (χ0n) is 16.3. The molecule has 0 N–H and O–H groups in total. The van der Waals surface area contributed by atoms with Gasteiger partial charge in [0, 0.05) is 29.9 Å². The Morgan fingerprint density at radius 1 is 1.15 bits per heavy atom. The van der Waals surface area contributed by atoms with Gasteiger partial charge in [0.15, 0.2) is 0 Å². The summed E-state index contributed by atoms with van der Waals surface area (Å²) in [6, 6.07) is 9.66. The van der Waals surface area contributed by atoms with Crippen molar-refractivity contribution < 1.29 is 0 Å². The quantitative estimate of drug-likeness (QED) is 0.653. The topological polar surface area (TPSA) is 52.2 Å². The SMILES string of the molecule is Cc1cc(C=Nn2c(C3CCCCC3)nc3ccccc3c2=O)c(C)n1C. The first-order valence-electron chi connectivity index (χ1n) is 9.75. The van der Waals surface area contributed by atoms with E-state index in [1.807, 2.05) is 31.3 Å². The van der Waals surface area contributed by atoms with Crippen LogP contribution in [0, 0.1) is 13.8 Å². The van der Waals surface area contributed by atoms with Crippen LogP contribution < -0.4 is 5.56 Å². The second kappa shape index (κ2) is 7.14. The molecule has 2 heterocycles. The molecular formula is C22H26N4O. The number of aryl methyl sites for hydroxylation is 1. The molecule has 1 fully saturated rings. The van der Waals surface area contributed by atoms with Crippen molar-refractivity contribution in [3.8, 4) is 0 Å². The Labute approximate surface area is 159 Å². The minimum Gasteiger partial charge on any atom is -0.352 e. The van der Waals surface area contributed by atoms with Crippen molar-refractivity contribution in [1.82, 2.24) is 14.2 Å². The van der Waals surface area contributed by atoms with Gasteiger partial charge in [0.25, 0.3) is 5.56 Å². The summed E-state index contributed by atoms with van der Waals surface area (Å²) in [6.45, 7) is 4.14. The molecule has 1 saturated carbocycles. The van der Waals surface area contributed by atoms with Crippen LogP contribution in [0.2, 0.25) is 0 Å². The maximum Gasteiger partial charge on any atom is 0.282 e. The molecule has 0 unspecified atom stereocenters. The van der Waals surface area contributed by atoms with E-state index in [2.05, 4.69) is 29.6 Å². The normalized spacial score (nSPS) is 15.8. The zero-order chi connectivity index (χ0) is 19.0. The Balaban J connectivity index is 1.86. The fraction of sp³-hybridized carbons (Fsp3) is 0.409. The van der Waals surface area contributed by atoms with Gasteiger partial charge in [-0.1, -0.05) is 31.4 Å². The molecule has 1 aliphatic carbocycles. The summed E-state index contributed by atoms with van der Waals surface area (Å²) in [7, 11) is 2.04. The van der Waals surface area contributed by atoms with Crippen LogP contribution in [0.15, 0.2) is 40.2 Å². The molecule has 3 aromatic rings. The monoisotopic (exact) mass is 362 g/mol. The molecular weight excluding hydrogens is 336 g/mol. The molecule has 0 radical (unpaired) electrons. The largest absolute Gasteiger partial charge is 0.352 e. The number of hydrogen-bond donors (Lipinski definition) is 0. The van der Waals surface area contributed by atoms with Crippen molar-refractivity contribution in [1.29, 1.82) is 0 Å². The highest BCUT2D eigenvalue weighted by molar-refractivity contribution is 5.82. The molecule has 5 heteroatoms. The molecule has 0 aliphatic heterocycles. The highest BCUT2D eigenvalue weighted by Gasteiger charge is 2.22. The Bertz CT molecular complexity index is 1070. The van der Waals surface area contributed by atoms with Crippen molar-refractivity contribution in [3.05, 3.63) is 63.5 Å². The minimum absolute atomic E-state index is 0.0808. The number of nitrogens with zero attached hydrogens (tertiary/aromatic N) is 4. The van der Waals surface area contributed by atoms with Gasteiger partial charge in [-0.05, 0) is 44.9 Å². The van der Waals surface area contributed by atoms with E-state index in [0.29, 0.717) is 11.3 Å². The first kappa shape index (κ1) is 17.7. The van der Waals surface area contributed by atoms with E-state index in [1.165, 1.54) is 25.0 Å². The van der Waals surface area contributed by atoms with E-state index in [1.54, 1.807) is 10.9 Å². The smallest absolute Gasteiger partial charge is 0.282 e. The van der Waals surface area contributed by atoms with Crippen molar-refractivity contribution >= 4 is 17.1 Å². The summed E-state index contributed by atoms with van der Waals surface area (Å²) in [5, 5.41) is 5.24. The highest BCUT2D eigenvalue weighted by Crippen LogP contribution is 2.31. The molecule has 4 rings (SSSR count). The first-order valence-corrected chi connectivity index (χ1v) is 9.75. The lowest BCUT2D eigenvalue weighted by Gasteiger charge is -2.22. The van der Waals surface area contributed by atoms with Gasteiger partial charge >= 0.3 is 0 Å². The Morgan fingerprint density at radius 2 is 1.89 bits per heavy atom. The van der Waals surface area contributed by atoms with E-state index < -0.39 is 0 Å². The van der Waals surface area contributed by atoms with E-state index >= 15 is 0 Å². The molecule has 0 amide bonds. The van der Waals surface area contributed by atoms with Crippen LogP contribution in [0.3, 0.4) is 0 Å². The summed E-state index contributed by atoms with van der Waals surface area (Å²) in [4.78, 5) is 18.0. The Morgan fingerprint density at radius 3 is 2.59 bits per heavy atom. The van der Waals surface area contributed by atoms with Crippen LogP contribution in [-0.4, -0.2) is 20.4 Å². The predicted molar refractivity (Wildman–Crippen MR) is 110 cm³/mol. The summed E-state index contributed by atoms with van der Waals surface area (Å²) < 4.78 is 3.67. The lowest BCUT2D eigenvalue weighted by atomic mass is 9.88.